The van der Waals surface area contributed by atoms with E-state index in [1.54, 1.807) is 0 Å². The maximum absolute atomic E-state index is 13.3. The second kappa shape index (κ2) is 7.43. The van der Waals surface area contributed by atoms with Crippen LogP contribution in [0.2, 0.25) is 0 Å². The molecule has 1 rings (SSSR count). The van der Waals surface area contributed by atoms with Crippen molar-refractivity contribution < 1.29 is 22.8 Å². The molecule has 1 aromatic rings. The van der Waals surface area contributed by atoms with Crippen molar-refractivity contribution in [3.05, 3.63) is 34.1 Å². The van der Waals surface area contributed by atoms with Gasteiger partial charge in [-0.3, -0.25) is 10.1 Å². The van der Waals surface area contributed by atoms with Crippen molar-refractivity contribution in [2.75, 3.05) is 19.7 Å². The van der Waals surface area contributed by atoms with Gasteiger partial charge in [0.2, 0.25) is 15.8 Å². The Hall–Kier alpha value is -1.58. The summed E-state index contributed by atoms with van der Waals surface area (Å²) in [5, 5.41) is 19.6. The number of nitrogens with zero attached hydrogens (tertiary/aromatic N) is 2. The topological polar surface area (TPSA) is 101 Å². The molecule has 9 heteroatoms. The van der Waals surface area contributed by atoms with E-state index in [1.165, 1.54) is 0 Å². The second-order valence-corrected chi connectivity index (χ2v) is 6.29. The predicted molar refractivity (Wildman–Crippen MR) is 73.8 cm³/mol. The first kappa shape index (κ1) is 17.5. The van der Waals surface area contributed by atoms with Crippen LogP contribution < -0.4 is 0 Å². The number of sulfonamides is 1. The highest BCUT2D eigenvalue weighted by Gasteiger charge is 2.27. The summed E-state index contributed by atoms with van der Waals surface area (Å²) in [5.74, 6) is -1.10. The second-order valence-electron chi connectivity index (χ2n) is 4.35. The van der Waals surface area contributed by atoms with Crippen LogP contribution in [0.15, 0.2) is 23.1 Å². The van der Waals surface area contributed by atoms with Gasteiger partial charge in [0.05, 0.1) is 16.4 Å². The zero-order valence-corrected chi connectivity index (χ0v) is 12.3. The fourth-order valence-electron chi connectivity index (χ4n) is 1.74. The first-order valence-corrected chi connectivity index (χ1v) is 7.83. The molecule has 0 radical (unpaired) electrons. The highest BCUT2D eigenvalue weighted by molar-refractivity contribution is 7.89. The van der Waals surface area contributed by atoms with Crippen LogP contribution in [0.25, 0.3) is 0 Å². The fraction of sp³-hybridized carbons (Fsp3) is 0.500. The van der Waals surface area contributed by atoms with E-state index in [0.717, 1.165) is 22.9 Å². The smallest absolute Gasteiger partial charge is 0.306 e. The summed E-state index contributed by atoms with van der Waals surface area (Å²) in [4.78, 5) is 9.35. The van der Waals surface area contributed by atoms with Crippen molar-refractivity contribution in [3.8, 4) is 0 Å². The maximum atomic E-state index is 13.3. The molecule has 0 aromatic heterocycles. The van der Waals surface area contributed by atoms with Crippen molar-refractivity contribution in [2.45, 2.75) is 24.7 Å². The summed E-state index contributed by atoms with van der Waals surface area (Å²) in [6, 6.07) is 2.43. The molecule has 0 spiro atoms. The minimum atomic E-state index is -4.01. The van der Waals surface area contributed by atoms with Gasteiger partial charge in [0.25, 0.3) is 0 Å². The number of rotatable bonds is 8. The third-order valence-electron chi connectivity index (χ3n) is 2.86. The molecule has 7 nitrogen and oxygen atoms in total. The molecule has 0 bridgehead atoms. The minimum Gasteiger partial charge on any atom is -0.395 e. The number of nitro benzene ring substituents is 1. The third kappa shape index (κ3) is 4.19. The number of nitro groups is 1. The summed E-state index contributed by atoms with van der Waals surface area (Å²) in [7, 11) is -4.01. The number of hydrogen-bond donors (Lipinski definition) is 1. The van der Waals surface area contributed by atoms with Gasteiger partial charge in [0, 0.05) is 19.2 Å². The van der Waals surface area contributed by atoms with Crippen LogP contribution in [0, 0.1) is 15.9 Å². The quantitative estimate of drug-likeness (QED) is 0.578. The highest BCUT2D eigenvalue weighted by Crippen LogP contribution is 2.24. The van der Waals surface area contributed by atoms with E-state index in [0.29, 0.717) is 12.5 Å². The molecule has 0 saturated carbocycles. The number of aliphatic hydroxyl groups is 1. The van der Waals surface area contributed by atoms with Crippen LogP contribution in [-0.4, -0.2) is 42.4 Å². The minimum absolute atomic E-state index is 0.118. The molecule has 1 N–H and O–H groups in total. The van der Waals surface area contributed by atoms with Crippen LogP contribution in [0.4, 0.5) is 10.1 Å². The van der Waals surface area contributed by atoms with Gasteiger partial charge < -0.3 is 5.11 Å². The van der Waals surface area contributed by atoms with Gasteiger partial charge in [-0.25, -0.2) is 8.42 Å². The normalized spacial score (nSPS) is 11.8. The molecule has 0 fully saturated rings. The molecule has 118 valence electrons. The van der Waals surface area contributed by atoms with E-state index in [2.05, 4.69) is 0 Å². The van der Waals surface area contributed by atoms with E-state index < -0.39 is 26.5 Å². The summed E-state index contributed by atoms with van der Waals surface area (Å²) in [6.45, 7) is 1.58. The molecular formula is C12H17FN2O5S. The maximum Gasteiger partial charge on any atom is 0.306 e. The lowest BCUT2D eigenvalue weighted by molar-refractivity contribution is -0.387. The molecule has 21 heavy (non-hydrogen) atoms. The van der Waals surface area contributed by atoms with Gasteiger partial charge in [-0.05, 0) is 18.6 Å². The first-order valence-electron chi connectivity index (χ1n) is 6.39. The number of benzene rings is 1. The van der Waals surface area contributed by atoms with Gasteiger partial charge >= 0.3 is 5.69 Å². The van der Waals surface area contributed by atoms with Crippen molar-refractivity contribution >= 4 is 15.7 Å². The lowest BCUT2D eigenvalue weighted by Crippen LogP contribution is -2.34. The average Bonchev–Trinajstić information content (AvgIpc) is 2.43. The Morgan fingerprint density at radius 3 is 2.57 bits per heavy atom. The monoisotopic (exact) mass is 320 g/mol. The Morgan fingerprint density at radius 1 is 1.38 bits per heavy atom. The molecule has 0 atom stereocenters. The predicted octanol–water partition coefficient (Wildman–Crippen LogP) is 1.52. The first-order chi connectivity index (χ1) is 9.84. The Bertz CT molecular complexity index is 606. The van der Waals surface area contributed by atoms with Crippen LogP contribution in [0.1, 0.15) is 19.8 Å². The van der Waals surface area contributed by atoms with Crippen LogP contribution >= 0.6 is 0 Å². The number of aliphatic hydroxyl groups excluding tert-OH is 1. The lowest BCUT2D eigenvalue weighted by atomic mass is 10.3. The number of unbranched alkanes of at least 4 members (excludes halogenated alkanes) is 1. The van der Waals surface area contributed by atoms with Gasteiger partial charge in [-0.1, -0.05) is 13.3 Å². The van der Waals surface area contributed by atoms with Gasteiger partial charge in [0.15, 0.2) is 0 Å². The Kier molecular flexibility index (Phi) is 6.19. The Morgan fingerprint density at radius 2 is 2.05 bits per heavy atom. The molecule has 0 amide bonds. The third-order valence-corrected chi connectivity index (χ3v) is 4.76. The SMILES string of the molecule is CCCCN(CCO)S(=O)(=O)c1ccc(F)c([N+](=O)[O-])c1. The van der Waals surface area contributed by atoms with Crippen molar-refractivity contribution in [1.82, 2.24) is 4.31 Å². The van der Waals surface area contributed by atoms with Crippen LogP contribution in [0.3, 0.4) is 0 Å². The summed E-state index contributed by atoms with van der Waals surface area (Å²) >= 11 is 0. The zero-order chi connectivity index (χ0) is 16.0. The average molecular weight is 320 g/mol. The van der Waals surface area contributed by atoms with Gasteiger partial charge in [-0.2, -0.15) is 8.70 Å². The summed E-state index contributed by atoms with van der Waals surface area (Å²) in [6.07, 6.45) is 1.34. The molecule has 0 unspecified atom stereocenters. The van der Waals surface area contributed by atoms with E-state index in [1.807, 2.05) is 6.92 Å². The van der Waals surface area contributed by atoms with E-state index in [4.69, 9.17) is 5.11 Å². The van der Waals surface area contributed by atoms with E-state index in [9.17, 15) is 22.9 Å². The molecule has 0 aliphatic carbocycles. The van der Waals surface area contributed by atoms with Crippen LogP contribution in [0.5, 0.6) is 0 Å². The van der Waals surface area contributed by atoms with E-state index in [-0.39, 0.29) is 24.6 Å². The van der Waals surface area contributed by atoms with Gasteiger partial charge in [-0.15, -0.1) is 0 Å². The van der Waals surface area contributed by atoms with Crippen LogP contribution in [-0.2, 0) is 10.0 Å². The van der Waals surface area contributed by atoms with Crippen molar-refractivity contribution in [1.29, 1.82) is 0 Å². The van der Waals surface area contributed by atoms with Crippen molar-refractivity contribution in [3.63, 3.8) is 0 Å². The molecule has 0 saturated heterocycles. The zero-order valence-electron chi connectivity index (χ0n) is 11.5. The molecule has 0 aliphatic rings. The number of hydrogen-bond acceptors (Lipinski definition) is 5. The molecule has 1 aromatic carbocycles. The lowest BCUT2D eigenvalue weighted by Gasteiger charge is -2.21. The molecule has 0 heterocycles. The molecule has 0 aliphatic heterocycles. The largest absolute Gasteiger partial charge is 0.395 e. The fourth-order valence-corrected chi connectivity index (χ4v) is 3.23. The van der Waals surface area contributed by atoms with Gasteiger partial charge in [0.1, 0.15) is 0 Å². The van der Waals surface area contributed by atoms with E-state index >= 15 is 0 Å². The standard InChI is InChI=1S/C12H17FN2O5S/c1-2-3-6-14(7-8-16)21(19,20)10-4-5-11(13)12(9-10)15(17)18/h4-5,9,16H,2-3,6-8H2,1H3. The molecular weight excluding hydrogens is 303 g/mol. The summed E-state index contributed by atoms with van der Waals surface area (Å²) in [5.41, 5.74) is -0.893. The van der Waals surface area contributed by atoms with Crippen molar-refractivity contribution in [2.24, 2.45) is 0 Å². The summed E-state index contributed by atoms with van der Waals surface area (Å²) < 4.78 is 39.1. The highest BCUT2D eigenvalue weighted by atomic mass is 32.2. The number of halogens is 1. The Balaban J connectivity index is 3.21. The Labute approximate surface area is 122 Å².